The molecule has 0 aliphatic rings. The van der Waals surface area contributed by atoms with Crippen molar-refractivity contribution in [3.63, 3.8) is 0 Å². The molecule has 6 aromatic carbocycles. The van der Waals surface area contributed by atoms with Crippen molar-refractivity contribution in [2.45, 2.75) is 26.9 Å². The molecule has 6 heteroatoms. The van der Waals surface area contributed by atoms with E-state index >= 15 is 0 Å². The minimum Gasteiger partial charge on any atom is -0.308 e. The fraction of sp³-hybridized carbons (Fsp3) is 0.0976. The number of benzene rings is 6. The highest BCUT2D eigenvalue weighted by molar-refractivity contribution is 6.11. The van der Waals surface area contributed by atoms with Crippen LogP contribution in [0, 0.1) is 32.1 Å². The van der Waals surface area contributed by atoms with E-state index in [-0.39, 0.29) is 0 Å². The quantitative estimate of drug-likeness (QED) is 0.194. The number of fused-ring (bicyclic) bond motifs is 6. The summed E-state index contributed by atoms with van der Waals surface area (Å²) in [6, 6.07) is 39.0. The average Bonchev–Trinajstić information content (AvgIpc) is 3.54. The number of alkyl halides is 3. The first-order chi connectivity index (χ1) is 22.6. The summed E-state index contributed by atoms with van der Waals surface area (Å²) in [6.45, 7) is 5.72. The number of rotatable bonds is 3. The minimum absolute atomic E-state index is 0.367. The number of hydrogen-bond acceptors (Lipinski definition) is 1. The number of halogens is 3. The molecule has 0 unspecified atom stereocenters. The molecule has 0 amide bonds. The van der Waals surface area contributed by atoms with Gasteiger partial charge in [-0.05, 0) is 85.5 Å². The number of para-hydroxylation sites is 2. The molecule has 0 aliphatic heterocycles. The molecule has 0 fully saturated rings. The van der Waals surface area contributed by atoms with E-state index in [1.807, 2.05) is 68.4 Å². The smallest absolute Gasteiger partial charge is 0.308 e. The van der Waals surface area contributed by atoms with Crippen molar-refractivity contribution in [2.75, 3.05) is 0 Å². The van der Waals surface area contributed by atoms with Crippen molar-refractivity contribution in [3.8, 4) is 28.6 Å². The standard InChI is InChI=1S/C41H28F3N3/c1-24-12-14-32-30-8-4-6-10-35(30)46(38(32)20-24)37-17-16-29(27-18-26(3)19-28(22-27)41(42,43)44)40(34(37)23-45)47-36-11-7-5-9-31(36)33-15-13-25(2)21-39(33)47/h4-22H,1-3H3. The van der Waals surface area contributed by atoms with E-state index in [0.717, 1.165) is 60.8 Å². The van der Waals surface area contributed by atoms with E-state index in [0.29, 0.717) is 33.6 Å². The molecule has 0 aliphatic carbocycles. The van der Waals surface area contributed by atoms with Gasteiger partial charge in [-0.1, -0.05) is 72.8 Å². The fourth-order valence-electron chi connectivity index (χ4n) is 7.11. The van der Waals surface area contributed by atoms with Crippen LogP contribution in [-0.2, 0) is 6.18 Å². The van der Waals surface area contributed by atoms with Crippen molar-refractivity contribution in [2.24, 2.45) is 0 Å². The topological polar surface area (TPSA) is 33.6 Å². The third-order valence-corrected chi connectivity index (χ3v) is 9.11. The molecule has 0 radical (unpaired) electrons. The fourth-order valence-corrected chi connectivity index (χ4v) is 7.11. The summed E-state index contributed by atoms with van der Waals surface area (Å²) in [6.07, 6.45) is -4.52. The predicted octanol–water partition coefficient (Wildman–Crippen LogP) is 11.4. The highest BCUT2D eigenvalue weighted by Gasteiger charge is 2.32. The van der Waals surface area contributed by atoms with Gasteiger partial charge in [0.2, 0.25) is 0 Å². The summed E-state index contributed by atoms with van der Waals surface area (Å²) in [5.74, 6) is 0. The largest absolute Gasteiger partial charge is 0.416 e. The van der Waals surface area contributed by atoms with Crippen molar-refractivity contribution >= 4 is 43.6 Å². The Morgan fingerprint density at radius 1 is 0.553 bits per heavy atom. The molecule has 0 bridgehead atoms. The van der Waals surface area contributed by atoms with Crippen LogP contribution in [0.5, 0.6) is 0 Å². The van der Waals surface area contributed by atoms with Crippen LogP contribution in [0.15, 0.2) is 115 Å². The predicted molar refractivity (Wildman–Crippen MR) is 184 cm³/mol. The van der Waals surface area contributed by atoms with Gasteiger partial charge in [-0.3, -0.25) is 0 Å². The number of aryl methyl sites for hydroxylation is 3. The molecule has 47 heavy (non-hydrogen) atoms. The van der Waals surface area contributed by atoms with Crippen molar-refractivity contribution < 1.29 is 13.2 Å². The monoisotopic (exact) mass is 619 g/mol. The molecule has 0 saturated carbocycles. The molecule has 8 rings (SSSR count). The van der Waals surface area contributed by atoms with E-state index in [9.17, 15) is 18.4 Å². The van der Waals surface area contributed by atoms with Gasteiger partial charge >= 0.3 is 6.18 Å². The second-order valence-electron chi connectivity index (χ2n) is 12.3. The molecule has 0 N–H and O–H groups in total. The van der Waals surface area contributed by atoms with E-state index in [1.54, 1.807) is 13.0 Å². The Labute approximate surface area is 269 Å². The molecule has 0 saturated heterocycles. The minimum atomic E-state index is -4.52. The maximum absolute atomic E-state index is 14.2. The van der Waals surface area contributed by atoms with E-state index in [4.69, 9.17) is 0 Å². The molecule has 0 spiro atoms. The van der Waals surface area contributed by atoms with Gasteiger partial charge in [0, 0.05) is 27.1 Å². The van der Waals surface area contributed by atoms with Crippen LogP contribution in [-0.4, -0.2) is 9.13 Å². The summed E-state index contributed by atoms with van der Waals surface area (Å²) >= 11 is 0. The first-order valence-corrected chi connectivity index (χ1v) is 15.4. The Hall–Kier alpha value is -5.80. The molecule has 2 heterocycles. The second kappa shape index (κ2) is 10.4. The Morgan fingerprint density at radius 2 is 1.11 bits per heavy atom. The molecular weight excluding hydrogens is 591 g/mol. The SMILES string of the molecule is Cc1cc(-c2ccc(-n3c4ccccc4c4ccc(C)cc43)c(C#N)c2-n2c3ccccc3c3ccc(C)cc32)cc(C(F)(F)F)c1. The van der Waals surface area contributed by atoms with Gasteiger partial charge in [0.25, 0.3) is 0 Å². The maximum Gasteiger partial charge on any atom is 0.416 e. The van der Waals surface area contributed by atoms with Gasteiger partial charge in [-0.15, -0.1) is 0 Å². The number of hydrogen-bond donors (Lipinski definition) is 0. The third-order valence-electron chi connectivity index (χ3n) is 9.11. The van der Waals surface area contributed by atoms with Crippen LogP contribution in [0.2, 0.25) is 0 Å². The molecule has 228 valence electrons. The van der Waals surface area contributed by atoms with E-state index < -0.39 is 11.7 Å². The highest BCUT2D eigenvalue weighted by atomic mass is 19.4. The average molecular weight is 620 g/mol. The van der Waals surface area contributed by atoms with E-state index in [1.165, 1.54) is 6.07 Å². The molecule has 8 aromatic rings. The number of aromatic nitrogens is 2. The first kappa shape index (κ1) is 28.7. The van der Waals surface area contributed by atoms with Crippen molar-refractivity contribution in [1.29, 1.82) is 5.26 Å². The van der Waals surface area contributed by atoms with Crippen LogP contribution in [0.4, 0.5) is 13.2 Å². The van der Waals surface area contributed by atoms with Gasteiger partial charge in [0.05, 0.1) is 39.0 Å². The van der Waals surface area contributed by atoms with Crippen LogP contribution in [0.1, 0.15) is 27.8 Å². The number of nitrogens with zero attached hydrogens (tertiary/aromatic N) is 3. The van der Waals surface area contributed by atoms with Gasteiger partial charge in [-0.25, -0.2) is 0 Å². The molecule has 0 atom stereocenters. The van der Waals surface area contributed by atoms with Crippen molar-refractivity contribution in [3.05, 3.63) is 143 Å². The lowest BCUT2D eigenvalue weighted by Crippen LogP contribution is -2.08. The Morgan fingerprint density at radius 3 is 1.70 bits per heavy atom. The van der Waals surface area contributed by atoms with Gasteiger partial charge in [-0.2, -0.15) is 18.4 Å². The summed E-state index contributed by atoms with van der Waals surface area (Å²) in [4.78, 5) is 0. The molecular formula is C41H28F3N3. The van der Waals surface area contributed by atoms with Crippen LogP contribution < -0.4 is 0 Å². The van der Waals surface area contributed by atoms with E-state index in [2.05, 4.69) is 57.7 Å². The van der Waals surface area contributed by atoms with Crippen LogP contribution in [0.3, 0.4) is 0 Å². The summed E-state index contributed by atoms with van der Waals surface area (Å²) in [5.41, 5.74) is 8.01. The van der Waals surface area contributed by atoms with Crippen LogP contribution >= 0.6 is 0 Å². The highest BCUT2D eigenvalue weighted by Crippen LogP contribution is 2.43. The number of nitriles is 1. The first-order valence-electron chi connectivity index (χ1n) is 15.4. The summed E-state index contributed by atoms with van der Waals surface area (Å²) in [7, 11) is 0. The summed E-state index contributed by atoms with van der Waals surface area (Å²) < 4.78 is 46.7. The zero-order valence-electron chi connectivity index (χ0n) is 25.9. The van der Waals surface area contributed by atoms with Gasteiger partial charge in [0.15, 0.2) is 0 Å². The van der Waals surface area contributed by atoms with Gasteiger partial charge in [0.1, 0.15) is 11.6 Å². The Balaban J connectivity index is 1.58. The zero-order chi connectivity index (χ0) is 32.6. The lowest BCUT2D eigenvalue weighted by atomic mass is 9.95. The van der Waals surface area contributed by atoms with Crippen molar-refractivity contribution in [1.82, 2.24) is 9.13 Å². The lowest BCUT2D eigenvalue weighted by Gasteiger charge is -2.21. The Bertz CT molecular complexity index is 2610. The Kier molecular flexibility index (Phi) is 6.32. The molecule has 2 aromatic heterocycles. The van der Waals surface area contributed by atoms with Gasteiger partial charge < -0.3 is 9.13 Å². The third kappa shape index (κ3) is 4.42. The molecule has 3 nitrogen and oxygen atoms in total. The summed E-state index contributed by atoms with van der Waals surface area (Å²) in [5, 5.41) is 15.3. The zero-order valence-corrected chi connectivity index (χ0v) is 25.9. The second-order valence-corrected chi connectivity index (χ2v) is 12.3. The van der Waals surface area contributed by atoms with Crippen LogP contribution in [0.25, 0.3) is 66.1 Å². The lowest BCUT2D eigenvalue weighted by molar-refractivity contribution is -0.137. The maximum atomic E-state index is 14.2. The normalized spacial score (nSPS) is 12.0.